The van der Waals surface area contributed by atoms with E-state index in [1.54, 1.807) is 0 Å². The Morgan fingerprint density at radius 2 is 2.20 bits per heavy atom. The Morgan fingerprint density at radius 3 is 2.85 bits per heavy atom. The molecule has 0 aliphatic carbocycles. The van der Waals surface area contributed by atoms with Crippen LogP contribution >= 0.6 is 23.1 Å². The van der Waals surface area contributed by atoms with Crippen molar-refractivity contribution in [3.8, 4) is 6.07 Å². The van der Waals surface area contributed by atoms with Crippen LogP contribution in [0.3, 0.4) is 0 Å². The van der Waals surface area contributed by atoms with Crippen LogP contribution in [0.5, 0.6) is 0 Å². The monoisotopic (exact) mass is 312 g/mol. The highest BCUT2D eigenvalue weighted by Gasteiger charge is 2.25. The van der Waals surface area contributed by atoms with E-state index in [9.17, 15) is 0 Å². The average molecular weight is 313 g/mol. The van der Waals surface area contributed by atoms with Crippen LogP contribution in [0.2, 0.25) is 5.15 Å². The van der Waals surface area contributed by atoms with Crippen LogP contribution < -0.4 is 4.90 Å². The maximum Gasteiger partial charge on any atom is 0.162 e. The Hall–Kier alpha value is -0.870. The second kappa shape index (κ2) is 6.27. The number of halogens is 1. The standard InChI is InChI=1S/C13H17ClN4OS/c14-12-11(7-15)13(20-16-12)18-4-2-17(3-5-18)8-10-1-6-19-9-10/h10H,1-6,8-9H2. The van der Waals surface area contributed by atoms with Gasteiger partial charge in [0, 0.05) is 39.3 Å². The van der Waals surface area contributed by atoms with Gasteiger partial charge in [-0.15, -0.1) is 0 Å². The van der Waals surface area contributed by atoms with E-state index in [-0.39, 0.29) is 0 Å². The summed E-state index contributed by atoms with van der Waals surface area (Å²) in [4.78, 5) is 4.72. The zero-order valence-corrected chi connectivity index (χ0v) is 12.8. The largest absolute Gasteiger partial charge is 0.381 e. The Kier molecular flexibility index (Phi) is 4.41. The highest BCUT2D eigenvalue weighted by Crippen LogP contribution is 2.31. The third-order valence-electron chi connectivity index (χ3n) is 3.94. The molecule has 0 aromatic carbocycles. The van der Waals surface area contributed by atoms with Crippen LogP contribution in [-0.2, 0) is 4.74 Å². The highest BCUT2D eigenvalue weighted by molar-refractivity contribution is 7.10. The minimum absolute atomic E-state index is 0.332. The zero-order chi connectivity index (χ0) is 13.9. The van der Waals surface area contributed by atoms with Crippen LogP contribution in [0, 0.1) is 17.2 Å². The number of anilines is 1. The van der Waals surface area contributed by atoms with E-state index in [1.807, 2.05) is 0 Å². The molecule has 2 aliphatic heterocycles. The molecule has 0 N–H and O–H groups in total. The van der Waals surface area contributed by atoms with Gasteiger partial charge in [0.05, 0.1) is 6.61 Å². The predicted octanol–water partition coefficient (Wildman–Crippen LogP) is 1.83. The third-order valence-corrected chi connectivity index (χ3v) is 5.23. The molecule has 1 aromatic heterocycles. The number of piperazine rings is 1. The van der Waals surface area contributed by atoms with Crippen LogP contribution in [0.15, 0.2) is 0 Å². The van der Waals surface area contributed by atoms with Gasteiger partial charge in [0.2, 0.25) is 0 Å². The van der Waals surface area contributed by atoms with Gasteiger partial charge in [-0.3, -0.25) is 4.90 Å². The van der Waals surface area contributed by atoms with Crippen LogP contribution in [0.4, 0.5) is 5.00 Å². The Labute approximate surface area is 127 Å². The van der Waals surface area contributed by atoms with E-state index in [0.29, 0.717) is 16.6 Å². The third kappa shape index (κ3) is 2.91. The summed E-state index contributed by atoms with van der Waals surface area (Å²) in [6, 6.07) is 2.16. The summed E-state index contributed by atoms with van der Waals surface area (Å²) in [5, 5.41) is 10.4. The summed E-state index contributed by atoms with van der Waals surface area (Å²) in [5.41, 5.74) is 0.523. The molecule has 1 unspecified atom stereocenters. The first-order valence-corrected chi connectivity index (χ1v) is 8.03. The van der Waals surface area contributed by atoms with E-state index in [4.69, 9.17) is 21.6 Å². The molecule has 20 heavy (non-hydrogen) atoms. The molecule has 2 fully saturated rings. The average Bonchev–Trinajstić information content (AvgIpc) is 3.09. The number of rotatable bonds is 3. The normalized spacial score (nSPS) is 24.0. The summed E-state index contributed by atoms with van der Waals surface area (Å²) in [7, 11) is 0. The number of hydrogen-bond acceptors (Lipinski definition) is 6. The van der Waals surface area contributed by atoms with E-state index in [1.165, 1.54) is 18.0 Å². The van der Waals surface area contributed by atoms with Crippen LogP contribution in [0.25, 0.3) is 0 Å². The molecule has 1 aromatic rings. The number of ether oxygens (including phenoxy) is 1. The molecule has 3 rings (SSSR count). The van der Waals surface area contributed by atoms with E-state index < -0.39 is 0 Å². The lowest BCUT2D eigenvalue weighted by Crippen LogP contribution is -2.47. The van der Waals surface area contributed by atoms with E-state index in [0.717, 1.165) is 50.9 Å². The first kappa shape index (κ1) is 14.1. The molecule has 0 radical (unpaired) electrons. The van der Waals surface area contributed by atoms with Crippen LogP contribution in [-0.4, -0.2) is 55.2 Å². The lowest BCUT2D eigenvalue weighted by Gasteiger charge is -2.36. The minimum Gasteiger partial charge on any atom is -0.381 e. The highest BCUT2D eigenvalue weighted by atomic mass is 35.5. The second-order valence-electron chi connectivity index (χ2n) is 5.28. The van der Waals surface area contributed by atoms with Gasteiger partial charge < -0.3 is 9.64 Å². The van der Waals surface area contributed by atoms with Gasteiger partial charge in [-0.05, 0) is 23.9 Å². The summed E-state index contributed by atoms with van der Waals surface area (Å²) in [6.45, 7) is 6.86. The van der Waals surface area contributed by atoms with Gasteiger partial charge in [0.15, 0.2) is 5.15 Å². The van der Waals surface area contributed by atoms with Gasteiger partial charge in [0.1, 0.15) is 16.6 Å². The maximum atomic E-state index is 9.14. The molecule has 7 heteroatoms. The number of nitriles is 1. The second-order valence-corrected chi connectivity index (χ2v) is 6.39. The van der Waals surface area contributed by atoms with Crippen molar-refractivity contribution in [3.05, 3.63) is 10.7 Å². The molecular weight excluding hydrogens is 296 g/mol. The SMILES string of the molecule is N#Cc1c(Cl)nsc1N1CCN(CC2CCOC2)CC1. The summed E-state index contributed by atoms with van der Waals surface area (Å²) >= 11 is 7.26. The minimum atomic E-state index is 0.332. The molecule has 5 nitrogen and oxygen atoms in total. The molecule has 108 valence electrons. The number of nitrogens with zero attached hydrogens (tertiary/aromatic N) is 4. The number of aromatic nitrogens is 1. The van der Waals surface area contributed by atoms with Crippen molar-refractivity contribution in [2.75, 3.05) is 50.8 Å². The Balaban J connectivity index is 1.56. The smallest absolute Gasteiger partial charge is 0.162 e. The van der Waals surface area contributed by atoms with E-state index >= 15 is 0 Å². The van der Waals surface area contributed by atoms with Crippen molar-refractivity contribution in [1.82, 2.24) is 9.27 Å². The molecule has 3 heterocycles. The van der Waals surface area contributed by atoms with Gasteiger partial charge in [-0.1, -0.05) is 11.6 Å². The summed E-state index contributed by atoms with van der Waals surface area (Å²) < 4.78 is 9.51. The molecule has 2 saturated heterocycles. The Morgan fingerprint density at radius 1 is 1.40 bits per heavy atom. The Bertz CT molecular complexity index is 501. The molecule has 2 aliphatic rings. The summed E-state index contributed by atoms with van der Waals surface area (Å²) in [6.07, 6.45) is 1.18. The fraction of sp³-hybridized carbons (Fsp3) is 0.692. The predicted molar refractivity (Wildman–Crippen MR) is 79.4 cm³/mol. The number of hydrogen-bond donors (Lipinski definition) is 0. The van der Waals surface area contributed by atoms with Gasteiger partial charge in [-0.25, -0.2) is 0 Å². The lowest BCUT2D eigenvalue weighted by molar-refractivity contribution is 0.164. The van der Waals surface area contributed by atoms with E-state index in [2.05, 4.69) is 20.2 Å². The quantitative estimate of drug-likeness (QED) is 0.852. The lowest BCUT2D eigenvalue weighted by atomic mass is 10.1. The topological polar surface area (TPSA) is 52.4 Å². The van der Waals surface area contributed by atoms with Gasteiger partial charge in [0.25, 0.3) is 0 Å². The van der Waals surface area contributed by atoms with Crippen molar-refractivity contribution in [3.63, 3.8) is 0 Å². The molecule has 0 amide bonds. The van der Waals surface area contributed by atoms with Crippen molar-refractivity contribution >= 4 is 28.1 Å². The van der Waals surface area contributed by atoms with Crippen molar-refractivity contribution in [1.29, 1.82) is 5.26 Å². The first-order chi connectivity index (χ1) is 9.78. The molecule has 1 atom stereocenters. The maximum absolute atomic E-state index is 9.14. The van der Waals surface area contributed by atoms with Crippen molar-refractivity contribution in [2.45, 2.75) is 6.42 Å². The molecule has 0 saturated carbocycles. The fourth-order valence-electron chi connectivity index (χ4n) is 2.80. The van der Waals surface area contributed by atoms with Gasteiger partial charge in [-0.2, -0.15) is 9.64 Å². The zero-order valence-electron chi connectivity index (χ0n) is 11.2. The fourth-order valence-corrected chi connectivity index (χ4v) is 3.88. The molecule has 0 bridgehead atoms. The van der Waals surface area contributed by atoms with Crippen molar-refractivity contribution in [2.24, 2.45) is 5.92 Å². The van der Waals surface area contributed by atoms with Gasteiger partial charge >= 0.3 is 0 Å². The first-order valence-electron chi connectivity index (χ1n) is 6.88. The molecular formula is C13H17ClN4OS. The molecule has 0 spiro atoms. The summed E-state index contributed by atoms with van der Waals surface area (Å²) in [5.74, 6) is 0.689. The van der Waals surface area contributed by atoms with Crippen LogP contribution in [0.1, 0.15) is 12.0 Å². The van der Waals surface area contributed by atoms with Crippen molar-refractivity contribution < 1.29 is 4.74 Å².